The number of nitrogens with zero attached hydrogens (tertiary/aromatic N) is 1. The Kier molecular flexibility index (Phi) is 5.35. The number of halogens is 1. The first-order chi connectivity index (χ1) is 10.3. The Bertz CT molecular complexity index is 533. The van der Waals surface area contributed by atoms with Crippen LogP contribution in [-0.2, 0) is 10.2 Å². The SMILES string of the molecule is CC(C)(C)c1cc(Cl)ccc1OC1CN(C(=O)CCCO)C1. The molecule has 1 aromatic carbocycles. The first-order valence-corrected chi connectivity index (χ1v) is 8.04. The molecule has 0 atom stereocenters. The van der Waals surface area contributed by atoms with Gasteiger partial charge in [0.05, 0.1) is 13.1 Å². The summed E-state index contributed by atoms with van der Waals surface area (Å²) >= 11 is 6.09. The molecule has 0 radical (unpaired) electrons. The number of rotatable bonds is 5. The molecule has 1 aliphatic rings. The molecule has 122 valence electrons. The lowest BCUT2D eigenvalue weighted by Gasteiger charge is -2.40. The maximum atomic E-state index is 11.8. The van der Waals surface area contributed by atoms with Crippen molar-refractivity contribution in [2.75, 3.05) is 19.7 Å². The molecule has 1 N–H and O–H groups in total. The Morgan fingerprint density at radius 3 is 2.68 bits per heavy atom. The van der Waals surface area contributed by atoms with Crippen LogP contribution in [0.25, 0.3) is 0 Å². The number of hydrogen-bond acceptors (Lipinski definition) is 3. The second-order valence-corrected chi connectivity index (χ2v) is 7.19. The van der Waals surface area contributed by atoms with E-state index < -0.39 is 0 Å². The van der Waals surface area contributed by atoms with Crippen LogP contribution in [0, 0.1) is 0 Å². The molecule has 0 bridgehead atoms. The summed E-state index contributed by atoms with van der Waals surface area (Å²) in [5, 5.41) is 9.46. The number of aliphatic hydroxyl groups is 1. The average Bonchev–Trinajstić information content (AvgIpc) is 2.40. The highest BCUT2D eigenvalue weighted by atomic mass is 35.5. The van der Waals surface area contributed by atoms with E-state index in [1.54, 1.807) is 4.90 Å². The molecule has 1 heterocycles. The number of carbonyl (C=O) groups is 1. The number of ether oxygens (including phenoxy) is 1. The fourth-order valence-corrected chi connectivity index (χ4v) is 2.65. The zero-order valence-corrected chi connectivity index (χ0v) is 14.2. The Morgan fingerprint density at radius 2 is 2.09 bits per heavy atom. The Balaban J connectivity index is 1.95. The average molecular weight is 326 g/mol. The molecule has 1 amide bonds. The van der Waals surface area contributed by atoms with Gasteiger partial charge in [-0.05, 0) is 30.0 Å². The molecule has 0 unspecified atom stereocenters. The van der Waals surface area contributed by atoms with Gasteiger partial charge in [-0.3, -0.25) is 4.79 Å². The van der Waals surface area contributed by atoms with Crippen LogP contribution in [0.2, 0.25) is 5.02 Å². The van der Waals surface area contributed by atoms with Crippen LogP contribution >= 0.6 is 11.6 Å². The minimum absolute atomic E-state index is 0.0281. The van der Waals surface area contributed by atoms with E-state index in [1.165, 1.54) is 0 Å². The second kappa shape index (κ2) is 6.88. The lowest BCUT2D eigenvalue weighted by atomic mass is 9.86. The maximum Gasteiger partial charge on any atom is 0.222 e. The second-order valence-electron chi connectivity index (χ2n) is 6.76. The van der Waals surface area contributed by atoms with Gasteiger partial charge in [-0.2, -0.15) is 0 Å². The zero-order chi connectivity index (χ0) is 16.3. The van der Waals surface area contributed by atoms with Gasteiger partial charge in [-0.15, -0.1) is 0 Å². The predicted octanol–water partition coefficient (Wildman–Crippen LogP) is 3.00. The largest absolute Gasteiger partial charge is 0.486 e. The van der Waals surface area contributed by atoms with Crippen molar-refractivity contribution in [2.45, 2.75) is 45.1 Å². The van der Waals surface area contributed by atoms with Gasteiger partial charge < -0.3 is 14.7 Å². The summed E-state index contributed by atoms with van der Waals surface area (Å²) in [7, 11) is 0. The molecule has 1 aliphatic heterocycles. The van der Waals surface area contributed by atoms with Crippen molar-refractivity contribution < 1.29 is 14.6 Å². The first kappa shape index (κ1) is 17.1. The molecule has 5 heteroatoms. The highest BCUT2D eigenvalue weighted by molar-refractivity contribution is 6.30. The monoisotopic (exact) mass is 325 g/mol. The van der Waals surface area contributed by atoms with Gasteiger partial charge in [0.1, 0.15) is 11.9 Å². The Hall–Kier alpha value is -1.26. The summed E-state index contributed by atoms with van der Waals surface area (Å²) in [5.74, 6) is 0.922. The quantitative estimate of drug-likeness (QED) is 0.905. The smallest absolute Gasteiger partial charge is 0.222 e. The summed E-state index contributed by atoms with van der Waals surface area (Å²) in [6.07, 6.45) is 0.948. The number of carbonyl (C=O) groups excluding carboxylic acids is 1. The molecular formula is C17H24ClNO3. The van der Waals surface area contributed by atoms with Crippen molar-refractivity contribution in [1.82, 2.24) is 4.90 Å². The number of hydrogen-bond donors (Lipinski definition) is 1. The molecule has 0 aromatic heterocycles. The summed E-state index contributed by atoms with van der Waals surface area (Å²) < 4.78 is 6.05. The van der Waals surface area contributed by atoms with E-state index >= 15 is 0 Å². The lowest BCUT2D eigenvalue weighted by Crippen LogP contribution is -2.56. The number of amides is 1. The fraction of sp³-hybridized carbons (Fsp3) is 0.588. The van der Waals surface area contributed by atoms with Crippen LogP contribution in [-0.4, -0.2) is 41.7 Å². The summed E-state index contributed by atoms with van der Waals surface area (Å²) in [6.45, 7) is 7.64. The van der Waals surface area contributed by atoms with Crippen LogP contribution < -0.4 is 4.74 Å². The zero-order valence-electron chi connectivity index (χ0n) is 13.4. The third-order valence-electron chi connectivity index (χ3n) is 3.79. The topological polar surface area (TPSA) is 49.8 Å². The Labute approximate surface area is 137 Å². The van der Waals surface area contributed by atoms with Crippen molar-refractivity contribution in [3.63, 3.8) is 0 Å². The van der Waals surface area contributed by atoms with Gasteiger partial charge in [-0.25, -0.2) is 0 Å². The summed E-state index contributed by atoms with van der Waals surface area (Å²) in [6, 6.07) is 5.67. The molecule has 1 aromatic rings. The minimum Gasteiger partial charge on any atom is -0.486 e. The van der Waals surface area contributed by atoms with Gasteiger partial charge in [0.15, 0.2) is 0 Å². The van der Waals surface area contributed by atoms with Gasteiger partial charge >= 0.3 is 0 Å². The fourth-order valence-electron chi connectivity index (χ4n) is 2.48. The van der Waals surface area contributed by atoms with Crippen LogP contribution in [0.3, 0.4) is 0 Å². The molecule has 0 aliphatic carbocycles. The standard InChI is InChI=1S/C17H24ClNO3/c1-17(2,3)14-9-12(18)6-7-15(14)22-13-10-19(11-13)16(21)5-4-8-20/h6-7,9,13,20H,4-5,8,10-11H2,1-3H3. The number of likely N-dealkylation sites (tertiary alicyclic amines) is 1. The highest BCUT2D eigenvalue weighted by Crippen LogP contribution is 2.34. The van der Waals surface area contributed by atoms with Gasteiger partial charge in [0.2, 0.25) is 5.91 Å². The summed E-state index contributed by atoms with van der Waals surface area (Å²) in [5.41, 5.74) is 1.02. The molecule has 2 rings (SSSR count). The molecular weight excluding hydrogens is 302 g/mol. The van der Waals surface area contributed by atoms with Crippen molar-refractivity contribution in [3.05, 3.63) is 28.8 Å². The van der Waals surface area contributed by atoms with Crippen LogP contribution in [0.15, 0.2) is 18.2 Å². The molecule has 1 saturated heterocycles. The molecule has 1 fully saturated rings. The lowest BCUT2D eigenvalue weighted by molar-refractivity contribution is -0.140. The predicted molar refractivity (Wildman–Crippen MR) is 87.5 cm³/mol. The van der Waals surface area contributed by atoms with E-state index in [0.29, 0.717) is 31.0 Å². The van der Waals surface area contributed by atoms with E-state index in [9.17, 15) is 4.79 Å². The number of aliphatic hydroxyl groups excluding tert-OH is 1. The van der Waals surface area contributed by atoms with Gasteiger partial charge in [0, 0.05) is 23.6 Å². The molecule has 22 heavy (non-hydrogen) atoms. The van der Waals surface area contributed by atoms with E-state index in [0.717, 1.165) is 11.3 Å². The number of benzene rings is 1. The molecule has 0 spiro atoms. The van der Waals surface area contributed by atoms with Crippen molar-refractivity contribution >= 4 is 17.5 Å². The van der Waals surface area contributed by atoms with Crippen LogP contribution in [0.1, 0.15) is 39.2 Å². The van der Waals surface area contributed by atoms with Crippen molar-refractivity contribution in [1.29, 1.82) is 0 Å². The summed E-state index contributed by atoms with van der Waals surface area (Å²) in [4.78, 5) is 13.6. The van der Waals surface area contributed by atoms with Gasteiger partial charge in [-0.1, -0.05) is 32.4 Å². The molecule has 0 saturated carbocycles. The van der Waals surface area contributed by atoms with E-state index in [4.69, 9.17) is 21.4 Å². The Morgan fingerprint density at radius 1 is 1.41 bits per heavy atom. The van der Waals surface area contributed by atoms with Crippen LogP contribution in [0.4, 0.5) is 0 Å². The van der Waals surface area contributed by atoms with Gasteiger partial charge in [0.25, 0.3) is 0 Å². The minimum atomic E-state index is -0.0549. The van der Waals surface area contributed by atoms with E-state index in [2.05, 4.69) is 20.8 Å². The van der Waals surface area contributed by atoms with E-state index in [-0.39, 0.29) is 24.0 Å². The normalized spacial score (nSPS) is 15.6. The van der Waals surface area contributed by atoms with E-state index in [1.807, 2.05) is 18.2 Å². The third-order valence-corrected chi connectivity index (χ3v) is 4.03. The first-order valence-electron chi connectivity index (χ1n) is 7.66. The molecule has 4 nitrogen and oxygen atoms in total. The maximum absolute atomic E-state index is 11.8. The third kappa shape index (κ3) is 4.14. The van der Waals surface area contributed by atoms with Crippen LogP contribution in [0.5, 0.6) is 5.75 Å². The van der Waals surface area contributed by atoms with Crippen molar-refractivity contribution in [3.8, 4) is 5.75 Å². The highest BCUT2D eigenvalue weighted by Gasteiger charge is 2.33. The van der Waals surface area contributed by atoms with Crippen molar-refractivity contribution in [2.24, 2.45) is 0 Å².